The third-order valence-electron chi connectivity index (χ3n) is 1.69. The molecule has 0 aliphatic rings. The molecule has 0 fully saturated rings. The summed E-state index contributed by atoms with van der Waals surface area (Å²) >= 11 is 8.40. The van der Waals surface area contributed by atoms with E-state index in [-0.39, 0.29) is 18.9 Å². The molecule has 0 saturated heterocycles. The molecular formula is C10H9BrClNO2. The Balaban J connectivity index is 2.50. The monoisotopic (exact) mass is 289 g/mol. The molecule has 0 spiro atoms. The lowest BCUT2D eigenvalue weighted by atomic mass is 10.2. The van der Waals surface area contributed by atoms with E-state index in [9.17, 15) is 9.59 Å². The lowest BCUT2D eigenvalue weighted by molar-refractivity contribution is -0.111. The first-order chi connectivity index (χ1) is 7.09. The van der Waals surface area contributed by atoms with Crippen LogP contribution in [0.1, 0.15) is 16.8 Å². The summed E-state index contributed by atoms with van der Waals surface area (Å²) in [5.41, 5.74) is 0.548. The molecule has 0 atom stereocenters. The molecule has 1 rings (SSSR count). The number of hydrogen-bond donors (Lipinski definition) is 1. The van der Waals surface area contributed by atoms with Crippen LogP contribution >= 0.6 is 27.5 Å². The van der Waals surface area contributed by atoms with Crippen molar-refractivity contribution in [1.29, 1.82) is 0 Å². The van der Waals surface area contributed by atoms with Gasteiger partial charge in [0.15, 0.2) is 0 Å². The quantitative estimate of drug-likeness (QED) is 0.865. The second-order valence-corrected chi connectivity index (χ2v) is 4.21. The van der Waals surface area contributed by atoms with Crippen LogP contribution in [-0.4, -0.2) is 17.7 Å². The van der Waals surface area contributed by atoms with Crippen molar-refractivity contribution in [2.45, 2.75) is 6.42 Å². The number of nitrogens with one attached hydrogen (secondary N) is 1. The summed E-state index contributed by atoms with van der Waals surface area (Å²) in [4.78, 5) is 21.9. The van der Waals surface area contributed by atoms with Crippen LogP contribution in [0, 0.1) is 0 Å². The molecule has 0 aliphatic carbocycles. The standard InChI is InChI=1S/C10H9BrClNO2/c11-8-3-1-2-7(6-8)10(15)13-5-4-9(12)14/h1-3,6H,4-5H2,(H,13,15). The Morgan fingerprint density at radius 2 is 2.13 bits per heavy atom. The van der Waals surface area contributed by atoms with Crippen molar-refractivity contribution >= 4 is 38.7 Å². The fraction of sp³-hybridized carbons (Fsp3) is 0.200. The van der Waals surface area contributed by atoms with Crippen LogP contribution in [0.3, 0.4) is 0 Å². The smallest absolute Gasteiger partial charge is 0.251 e. The maximum atomic E-state index is 11.5. The molecule has 0 aromatic heterocycles. The van der Waals surface area contributed by atoms with Gasteiger partial charge in [0.2, 0.25) is 5.24 Å². The maximum Gasteiger partial charge on any atom is 0.251 e. The average molecular weight is 291 g/mol. The van der Waals surface area contributed by atoms with Gasteiger partial charge < -0.3 is 5.32 Å². The topological polar surface area (TPSA) is 46.2 Å². The predicted molar refractivity (Wildman–Crippen MR) is 62.0 cm³/mol. The molecule has 0 unspecified atom stereocenters. The Labute approximate surface area is 101 Å². The van der Waals surface area contributed by atoms with E-state index < -0.39 is 5.24 Å². The molecule has 15 heavy (non-hydrogen) atoms. The van der Waals surface area contributed by atoms with E-state index in [0.29, 0.717) is 5.56 Å². The number of carbonyl (C=O) groups excluding carboxylic acids is 2. The lowest BCUT2D eigenvalue weighted by Crippen LogP contribution is -2.25. The normalized spacial score (nSPS) is 9.73. The van der Waals surface area contributed by atoms with Crippen LogP contribution < -0.4 is 5.32 Å². The van der Waals surface area contributed by atoms with E-state index in [1.54, 1.807) is 18.2 Å². The van der Waals surface area contributed by atoms with E-state index in [0.717, 1.165) is 4.47 Å². The van der Waals surface area contributed by atoms with Gasteiger partial charge in [-0.25, -0.2) is 0 Å². The highest BCUT2D eigenvalue weighted by atomic mass is 79.9. The van der Waals surface area contributed by atoms with Crippen molar-refractivity contribution in [3.8, 4) is 0 Å². The largest absolute Gasteiger partial charge is 0.352 e. The molecule has 0 heterocycles. The highest BCUT2D eigenvalue weighted by Crippen LogP contribution is 2.11. The highest BCUT2D eigenvalue weighted by Gasteiger charge is 2.05. The molecule has 0 radical (unpaired) electrons. The van der Waals surface area contributed by atoms with E-state index in [1.807, 2.05) is 6.07 Å². The Kier molecular flexibility index (Phi) is 4.78. The fourth-order valence-corrected chi connectivity index (χ4v) is 1.50. The van der Waals surface area contributed by atoms with Crippen LogP contribution in [0.2, 0.25) is 0 Å². The minimum absolute atomic E-state index is 0.140. The van der Waals surface area contributed by atoms with Gasteiger partial charge in [-0.2, -0.15) is 0 Å². The van der Waals surface area contributed by atoms with Crippen molar-refractivity contribution in [2.75, 3.05) is 6.54 Å². The highest BCUT2D eigenvalue weighted by molar-refractivity contribution is 9.10. The molecule has 1 aromatic rings. The molecule has 1 aromatic carbocycles. The van der Waals surface area contributed by atoms with Gasteiger partial charge in [0.05, 0.1) is 0 Å². The molecular weight excluding hydrogens is 281 g/mol. The zero-order chi connectivity index (χ0) is 11.3. The number of hydrogen-bond acceptors (Lipinski definition) is 2. The van der Waals surface area contributed by atoms with Gasteiger partial charge >= 0.3 is 0 Å². The van der Waals surface area contributed by atoms with Gasteiger partial charge in [0, 0.05) is 23.0 Å². The van der Waals surface area contributed by atoms with Crippen molar-refractivity contribution < 1.29 is 9.59 Å². The first-order valence-corrected chi connectivity index (χ1v) is 5.49. The van der Waals surface area contributed by atoms with E-state index >= 15 is 0 Å². The van der Waals surface area contributed by atoms with Crippen LogP contribution in [0.15, 0.2) is 28.7 Å². The van der Waals surface area contributed by atoms with Gasteiger partial charge in [0.1, 0.15) is 0 Å². The number of benzene rings is 1. The van der Waals surface area contributed by atoms with Crippen molar-refractivity contribution in [3.05, 3.63) is 34.3 Å². The summed E-state index contributed by atoms with van der Waals surface area (Å²) in [5, 5.41) is 2.14. The summed E-state index contributed by atoms with van der Waals surface area (Å²) < 4.78 is 0.837. The van der Waals surface area contributed by atoms with Crippen molar-refractivity contribution in [3.63, 3.8) is 0 Å². The van der Waals surface area contributed by atoms with Crippen LogP contribution in [0.5, 0.6) is 0 Å². The molecule has 1 N–H and O–H groups in total. The Morgan fingerprint density at radius 1 is 1.40 bits per heavy atom. The van der Waals surface area contributed by atoms with E-state index in [2.05, 4.69) is 21.2 Å². The van der Waals surface area contributed by atoms with Crippen molar-refractivity contribution in [1.82, 2.24) is 5.32 Å². The minimum Gasteiger partial charge on any atom is -0.352 e. The molecule has 3 nitrogen and oxygen atoms in total. The average Bonchev–Trinajstić information content (AvgIpc) is 2.17. The Bertz CT molecular complexity index is 381. The summed E-state index contributed by atoms with van der Waals surface area (Å²) in [5.74, 6) is -0.214. The third kappa shape index (κ3) is 4.44. The SMILES string of the molecule is O=C(Cl)CCNC(=O)c1cccc(Br)c1. The Hall–Kier alpha value is -0.870. The molecule has 0 saturated carbocycles. The fourth-order valence-electron chi connectivity index (χ4n) is 1.01. The summed E-state index contributed by atoms with van der Waals surface area (Å²) in [6.45, 7) is 0.258. The van der Waals surface area contributed by atoms with Gasteiger partial charge in [-0.05, 0) is 29.8 Å². The number of amides is 1. The second kappa shape index (κ2) is 5.88. The molecule has 1 amide bonds. The van der Waals surface area contributed by atoms with Gasteiger partial charge in [-0.1, -0.05) is 22.0 Å². The van der Waals surface area contributed by atoms with Gasteiger partial charge in [0.25, 0.3) is 5.91 Å². The maximum absolute atomic E-state index is 11.5. The van der Waals surface area contributed by atoms with Crippen LogP contribution in [0.25, 0.3) is 0 Å². The molecule has 0 bridgehead atoms. The van der Waals surface area contributed by atoms with Crippen molar-refractivity contribution in [2.24, 2.45) is 0 Å². The van der Waals surface area contributed by atoms with Gasteiger partial charge in [-0.15, -0.1) is 0 Å². The Morgan fingerprint density at radius 3 is 2.73 bits per heavy atom. The van der Waals surface area contributed by atoms with Crippen LogP contribution in [0.4, 0.5) is 0 Å². The van der Waals surface area contributed by atoms with E-state index in [4.69, 9.17) is 11.6 Å². The number of rotatable bonds is 4. The first kappa shape index (κ1) is 12.2. The zero-order valence-corrected chi connectivity index (χ0v) is 10.1. The molecule has 0 aliphatic heterocycles. The van der Waals surface area contributed by atoms with E-state index in [1.165, 1.54) is 0 Å². The predicted octanol–water partition coefficient (Wildman–Crippen LogP) is 2.33. The van der Waals surface area contributed by atoms with Gasteiger partial charge in [-0.3, -0.25) is 9.59 Å². The summed E-state index contributed by atoms with van der Waals surface area (Å²) in [6, 6.07) is 7.01. The summed E-state index contributed by atoms with van der Waals surface area (Å²) in [6.07, 6.45) is 0.140. The zero-order valence-electron chi connectivity index (χ0n) is 7.80. The second-order valence-electron chi connectivity index (χ2n) is 2.87. The minimum atomic E-state index is -0.454. The molecule has 5 heteroatoms. The van der Waals surface area contributed by atoms with Crippen LogP contribution in [-0.2, 0) is 4.79 Å². The first-order valence-electron chi connectivity index (χ1n) is 4.31. The lowest BCUT2D eigenvalue weighted by Gasteiger charge is -2.03. The number of halogens is 2. The number of carbonyl (C=O) groups is 2. The third-order valence-corrected chi connectivity index (χ3v) is 2.38. The molecule has 80 valence electrons. The summed E-state index contributed by atoms with van der Waals surface area (Å²) in [7, 11) is 0.